The number of ether oxygens (including phenoxy) is 1. The number of aromatic amines is 1. The lowest BCUT2D eigenvalue weighted by Crippen LogP contribution is -1.92. The molecule has 0 bridgehead atoms. The Hall–Kier alpha value is -1.68. The van der Waals surface area contributed by atoms with Crippen LogP contribution in [0.3, 0.4) is 0 Å². The maximum Gasteiger partial charge on any atom is 0.148 e. The number of aryl methyl sites for hydroxylation is 1. The van der Waals surface area contributed by atoms with Crippen LogP contribution in [-0.2, 0) is 0 Å². The third-order valence-electron chi connectivity index (χ3n) is 2.57. The standard InChI is InChI=1S/C12H14ClN3O/c1-7-4-8(13)5-9(12(7)17-3)10-6-11(14-2)16-15-10/h4-6H,1-3H3,(H2,14,15,16). The quantitative estimate of drug-likeness (QED) is 0.881. The molecule has 5 heteroatoms. The highest BCUT2D eigenvalue weighted by molar-refractivity contribution is 6.31. The van der Waals surface area contributed by atoms with Crippen LogP contribution < -0.4 is 10.1 Å². The lowest BCUT2D eigenvalue weighted by molar-refractivity contribution is 0.413. The third kappa shape index (κ3) is 2.22. The van der Waals surface area contributed by atoms with Crippen molar-refractivity contribution in [2.45, 2.75) is 6.92 Å². The van der Waals surface area contributed by atoms with Gasteiger partial charge in [-0.15, -0.1) is 0 Å². The van der Waals surface area contributed by atoms with Crippen molar-refractivity contribution in [3.8, 4) is 17.0 Å². The first-order valence-corrected chi connectivity index (χ1v) is 5.61. The second-order valence-electron chi connectivity index (χ2n) is 3.72. The highest BCUT2D eigenvalue weighted by atomic mass is 35.5. The van der Waals surface area contributed by atoms with Gasteiger partial charge in [-0.3, -0.25) is 5.10 Å². The van der Waals surface area contributed by atoms with E-state index >= 15 is 0 Å². The number of rotatable bonds is 3. The molecule has 0 fully saturated rings. The van der Waals surface area contributed by atoms with Crippen LogP contribution >= 0.6 is 11.6 Å². The maximum atomic E-state index is 6.06. The number of aromatic nitrogens is 2. The van der Waals surface area contributed by atoms with Gasteiger partial charge in [0.05, 0.1) is 12.8 Å². The van der Waals surface area contributed by atoms with Gasteiger partial charge in [0.2, 0.25) is 0 Å². The predicted octanol–water partition coefficient (Wildman–Crippen LogP) is 3.09. The molecule has 2 N–H and O–H groups in total. The van der Waals surface area contributed by atoms with E-state index in [1.807, 2.05) is 32.2 Å². The van der Waals surface area contributed by atoms with Crippen molar-refractivity contribution >= 4 is 17.4 Å². The second kappa shape index (κ2) is 4.67. The molecule has 0 aliphatic heterocycles. The van der Waals surface area contributed by atoms with Crippen LogP contribution in [0.25, 0.3) is 11.3 Å². The minimum Gasteiger partial charge on any atom is -0.496 e. The number of nitrogens with one attached hydrogen (secondary N) is 2. The first-order valence-electron chi connectivity index (χ1n) is 5.23. The number of anilines is 1. The van der Waals surface area contributed by atoms with E-state index in [0.717, 1.165) is 28.4 Å². The van der Waals surface area contributed by atoms with Gasteiger partial charge in [-0.2, -0.15) is 5.10 Å². The molecule has 1 heterocycles. The Morgan fingerprint density at radius 1 is 1.35 bits per heavy atom. The van der Waals surface area contributed by atoms with E-state index in [-0.39, 0.29) is 0 Å². The highest BCUT2D eigenvalue weighted by Gasteiger charge is 2.12. The van der Waals surface area contributed by atoms with Gasteiger partial charge in [0.1, 0.15) is 11.6 Å². The van der Waals surface area contributed by atoms with Gasteiger partial charge >= 0.3 is 0 Å². The molecular formula is C12H14ClN3O. The zero-order valence-corrected chi connectivity index (χ0v) is 10.7. The van der Waals surface area contributed by atoms with Crippen molar-refractivity contribution in [3.63, 3.8) is 0 Å². The predicted molar refractivity (Wildman–Crippen MR) is 69.9 cm³/mol. The molecule has 0 spiro atoms. The summed E-state index contributed by atoms with van der Waals surface area (Å²) < 4.78 is 5.40. The molecule has 0 saturated heterocycles. The van der Waals surface area contributed by atoms with Crippen LogP contribution in [0.5, 0.6) is 5.75 Å². The van der Waals surface area contributed by atoms with E-state index < -0.39 is 0 Å². The topological polar surface area (TPSA) is 49.9 Å². The fourth-order valence-corrected chi connectivity index (χ4v) is 2.06. The number of hydrogen-bond donors (Lipinski definition) is 2. The molecule has 1 aromatic carbocycles. The summed E-state index contributed by atoms with van der Waals surface area (Å²) >= 11 is 6.06. The van der Waals surface area contributed by atoms with Crippen molar-refractivity contribution in [2.24, 2.45) is 0 Å². The van der Waals surface area contributed by atoms with E-state index in [9.17, 15) is 0 Å². The van der Waals surface area contributed by atoms with Crippen LogP contribution in [0.1, 0.15) is 5.56 Å². The lowest BCUT2D eigenvalue weighted by atomic mass is 10.1. The number of halogens is 1. The van der Waals surface area contributed by atoms with Gasteiger partial charge < -0.3 is 10.1 Å². The fourth-order valence-electron chi connectivity index (χ4n) is 1.79. The SMILES string of the molecule is CNc1cc(-c2cc(Cl)cc(C)c2OC)[nH]n1. The third-order valence-corrected chi connectivity index (χ3v) is 2.79. The number of hydrogen-bond acceptors (Lipinski definition) is 3. The van der Waals surface area contributed by atoms with Crippen molar-refractivity contribution in [2.75, 3.05) is 19.5 Å². The van der Waals surface area contributed by atoms with Crippen molar-refractivity contribution in [1.29, 1.82) is 0 Å². The van der Waals surface area contributed by atoms with Gasteiger partial charge in [-0.1, -0.05) is 11.6 Å². The summed E-state index contributed by atoms with van der Waals surface area (Å²) in [5, 5.41) is 10.7. The molecule has 90 valence electrons. The van der Waals surface area contributed by atoms with Gasteiger partial charge in [-0.25, -0.2) is 0 Å². The molecule has 0 radical (unpaired) electrons. The van der Waals surface area contributed by atoms with Crippen LogP contribution in [0.15, 0.2) is 18.2 Å². The van der Waals surface area contributed by atoms with Crippen LogP contribution in [0.4, 0.5) is 5.82 Å². The molecule has 0 aliphatic carbocycles. The Morgan fingerprint density at radius 3 is 2.71 bits per heavy atom. The number of methoxy groups -OCH3 is 1. The normalized spacial score (nSPS) is 10.4. The molecule has 0 saturated carbocycles. The zero-order valence-electron chi connectivity index (χ0n) is 9.97. The molecule has 1 aromatic heterocycles. The first-order chi connectivity index (χ1) is 8.15. The number of H-pyrrole nitrogens is 1. The molecule has 0 amide bonds. The second-order valence-corrected chi connectivity index (χ2v) is 4.16. The van der Waals surface area contributed by atoms with Gasteiger partial charge in [0, 0.05) is 23.7 Å². The minimum absolute atomic E-state index is 0.680. The summed E-state index contributed by atoms with van der Waals surface area (Å²) in [7, 11) is 3.47. The summed E-state index contributed by atoms with van der Waals surface area (Å²) in [6.45, 7) is 1.96. The van der Waals surface area contributed by atoms with Gasteiger partial charge in [0.25, 0.3) is 0 Å². The average Bonchev–Trinajstić information content (AvgIpc) is 2.76. The monoisotopic (exact) mass is 251 g/mol. The molecule has 0 atom stereocenters. The molecule has 0 aliphatic rings. The molecule has 17 heavy (non-hydrogen) atoms. The van der Waals surface area contributed by atoms with E-state index in [0.29, 0.717) is 5.02 Å². The number of benzene rings is 1. The Bertz CT molecular complexity index is 537. The Balaban J connectivity index is 2.57. The molecular weight excluding hydrogens is 238 g/mol. The van der Waals surface area contributed by atoms with Gasteiger partial charge in [-0.05, 0) is 24.6 Å². The van der Waals surface area contributed by atoms with Gasteiger partial charge in [0.15, 0.2) is 0 Å². The van der Waals surface area contributed by atoms with Crippen LogP contribution in [0.2, 0.25) is 5.02 Å². The van der Waals surface area contributed by atoms with Crippen LogP contribution in [0, 0.1) is 6.92 Å². The Labute approximate surface area is 105 Å². The van der Waals surface area contributed by atoms with E-state index in [1.165, 1.54) is 0 Å². The van der Waals surface area contributed by atoms with E-state index in [1.54, 1.807) is 7.11 Å². The maximum absolute atomic E-state index is 6.06. The van der Waals surface area contributed by atoms with E-state index in [4.69, 9.17) is 16.3 Å². The Kier molecular flexibility index (Phi) is 3.24. The number of nitrogens with zero attached hydrogens (tertiary/aromatic N) is 1. The zero-order chi connectivity index (χ0) is 12.4. The molecule has 2 aromatic rings. The summed E-state index contributed by atoms with van der Waals surface area (Å²) in [6.07, 6.45) is 0. The first kappa shape index (κ1) is 11.8. The van der Waals surface area contributed by atoms with Crippen molar-refractivity contribution in [3.05, 3.63) is 28.8 Å². The fraction of sp³-hybridized carbons (Fsp3) is 0.250. The molecule has 4 nitrogen and oxygen atoms in total. The average molecular weight is 252 g/mol. The van der Waals surface area contributed by atoms with E-state index in [2.05, 4.69) is 15.5 Å². The van der Waals surface area contributed by atoms with Crippen LogP contribution in [-0.4, -0.2) is 24.4 Å². The summed E-state index contributed by atoms with van der Waals surface area (Å²) in [6, 6.07) is 5.65. The highest BCUT2D eigenvalue weighted by Crippen LogP contribution is 2.35. The largest absolute Gasteiger partial charge is 0.496 e. The van der Waals surface area contributed by atoms with Crippen molar-refractivity contribution in [1.82, 2.24) is 10.2 Å². The summed E-state index contributed by atoms with van der Waals surface area (Å²) in [4.78, 5) is 0. The van der Waals surface area contributed by atoms with Crippen molar-refractivity contribution < 1.29 is 4.74 Å². The molecule has 2 rings (SSSR count). The molecule has 0 unspecified atom stereocenters. The Morgan fingerprint density at radius 2 is 2.12 bits per heavy atom. The summed E-state index contributed by atoms with van der Waals surface area (Å²) in [5.41, 5.74) is 2.78. The summed E-state index contributed by atoms with van der Waals surface area (Å²) in [5.74, 6) is 1.58. The lowest BCUT2D eigenvalue weighted by Gasteiger charge is -2.10. The smallest absolute Gasteiger partial charge is 0.148 e. The minimum atomic E-state index is 0.680.